The molecule has 0 unspecified atom stereocenters. The second-order valence-electron chi connectivity index (χ2n) is 4.95. The van der Waals surface area contributed by atoms with Crippen molar-refractivity contribution < 1.29 is 22.7 Å². The van der Waals surface area contributed by atoms with Crippen LogP contribution >= 0.6 is 0 Å². The number of ether oxygens (including phenoxy) is 2. The van der Waals surface area contributed by atoms with Crippen LogP contribution < -0.4 is 9.47 Å². The van der Waals surface area contributed by atoms with Crippen molar-refractivity contribution in [2.45, 2.75) is 6.92 Å². The first-order valence-electron chi connectivity index (χ1n) is 6.60. The number of carbonyl (C=O) groups excluding carboxylic acids is 1. The summed E-state index contributed by atoms with van der Waals surface area (Å²) in [5.74, 6) is 0.962. The molecule has 0 N–H and O–H groups in total. The number of benzene rings is 1. The van der Waals surface area contributed by atoms with E-state index in [2.05, 4.69) is 0 Å². The molecule has 2 rings (SSSR count). The van der Waals surface area contributed by atoms with Crippen LogP contribution in [0, 0.1) is 6.92 Å². The minimum Gasteiger partial charge on any atom is -0.496 e. The largest absolute Gasteiger partial charge is 0.496 e. The molecule has 6 nitrogen and oxygen atoms in total. The van der Waals surface area contributed by atoms with E-state index in [0.29, 0.717) is 17.1 Å². The smallest absolute Gasteiger partial charge is 0.254 e. The van der Waals surface area contributed by atoms with E-state index in [1.54, 1.807) is 17.0 Å². The Morgan fingerprint density at radius 3 is 2.00 bits per heavy atom. The normalized spacial score (nSPS) is 17.4. The number of hydrogen-bond acceptors (Lipinski definition) is 5. The molecule has 1 aromatic rings. The summed E-state index contributed by atoms with van der Waals surface area (Å²) in [5, 5.41) is 0. The van der Waals surface area contributed by atoms with Crippen molar-refractivity contribution in [3.8, 4) is 11.5 Å². The van der Waals surface area contributed by atoms with Crippen LogP contribution in [0.1, 0.15) is 15.9 Å². The second-order valence-corrected chi connectivity index (χ2v) is 7.25. The minimum atomic E-state index is -3.01. The standard InChI is InChI=1S/C14H19NO5S/c1-10-12(19-2)8-11(9-13(10)20-3)14(16)15-4-6-21(17,18)7-5-15/h8-9H,4-7H2,1-3H3. The predicted molar refractivity (Wildman–Crippen MR) is 78.8 cm³/mol. The number of rotatable bonds is 3. The van der Waals surface area contributed by atoms with Gasteiger partial charge in [-0.05, 0) is 19.1 Å². The molecule has 0 saturated carbocycles. The van der Waals surface area contributed by atoms with Gasteiger partial charge in [-0.2, -0.15) is 0 Å². The van der Waals surface area contributed by atoms with Gasteiger partial charge in [-0.15, -0.1) is 0 Å². The van der Waals surface area contributed by atoms with Crippen LogP contribution in [-0.4, -0.2) is 58.0 Å². The van der Waals surface area contributed by atoms with Crippen LogP contribution in [0.5, 0.6) is 11.5 Å². The molecule has 0 atom stereocenters. The van der Waals surface area contributed by atoms with Crippen molar-refractivity contribution in [1.82, 2.24) is 4.90 Å². The zero-order valence-electron chi connectivity index (χ0n) is 12.4. The van der Waals surface area contributed by atoms with Gasteiger partial charge >= 0.3 is 0 Å². The maximum absolute atomic E-state index is 12.5. The van der Waals surface area contributed by atoms with Gasteiger partial charge in [-0.3, -0.25) is 4.79 Å². The highest BCUT2D eigenvalue weighted by Gasteiger charge is 2.26. The molecule has 0 spiro atoms. The van der Waals surface area contributed by atoms with E-state index in [4.69, 9.17) is 9.47 Å². The van der Waals surface area contributed by atoms with Crippen molar-refractivity contribution in [2.24, 2.45) is 0 Å². The highest BCUT2D eigenvalue weighted by molar-refractivity contribution is 7.91. The van der Waals surface area contributed by atoms with Crippen molar-refractivity contribution in [2.75, 3.05) is 38.8 Å². The Morgan fingerprint density at radius 2 is 1.57 bits per heavy atom. The van der Waals surface area contributed by atoms with Gasteiger partial charge in [0.05, 0.1) is 25.7 Å². The zero-order chi connectivity index (χ0) is 15.6. The molecule has 116 valence electrons. The lowest BCUT2D eigenvalue weighted by Crippen LogP contribution is -2.43. The van der Waals surface area contributed by atoms with Crippen molar-refractivity contribution >= 4 is 15.7 Å². The Hall–Kier alpha value is -1.76. The van der Waals surface area contributed by atoms with E-state index < -0.39 is 9.84 Å². The zero-order valence-corrected chi connectivity index (χ0v) is 13.2. The van der Waals surface area contributed by atoms with Crippen molar-refractivity contribution in [3.63, 3.8) is 0 Å². The molecule has 0 aliphatic carbocycles. The first-order chi connectivity index (χ1) is 9.88. The summed E-state index contributed by atoms with van der Waals surface area (Å²) in [6.45, 7) is 2.29. The van der Waals surface area contributed by atoms with Crippen LogP contribution in [0.25, 0.3) is 0 Å². The lowest BCUT2D eigenvalue weighted by molar-refractivity contribution is 0.0769. The van der Waals surface area contributed by atoms with Crippen LogP contribution in [0.4, 0.5) is 0 Å². The Morgan fingerprint density at radius 1 is 1.10 bits per heavy atom. The van der Waals surface area contributed by atoms with Gasteiger partial charge in [-0.25, -0.2) is 8.42 Å². The molecule has 1 saturated heterocycles. The van der Waals surface area contributed by atoms with Crippen LogP contribution in [-0.2, 0) is 9.84 Å². The van der Waals surface area contributed by atoms with Gasteiger partial charge in [0.2, 0.25) is 0 Å². The third kappa shape index (κ3) is 3.29. The average Bonchev–Trinajstić information content (AvgIpc) is 2.47. The summed E-state index contributed by atoms with van der Waals surface area (Å²) in [5.41, 5.74) is 1.26. The van der Waals surface area contributed by atoms with Crippen LogP contribution in [0.2, 0.25) is 0 Å². The monoisotopic (exact) mass is 313 g/mol. The summed E-state index contributed by atoms with van der Waals surface area (Å²) in [7, 11) is 0.0555. The summed E-state index contributed by atoms with van der Waals surface area (Å²) in [4.78, 5) is 14.0. The SMILES string of the molecule is COc1cc(C(=O)N2CCS(=O)(=O)CC2)cc(OC)c1C. The van der Waals surface area contributed by atoms with Crippen LogP contribution in [0.3, 0.4) is 0 Å². The summed E-state index contributed by atoms with van der Waals surface area (Å²) in [6.07, 6.45) is 0. The summed E-state index contributed by atoms with van der Waals surface area (Å²) < 4.78 is 33.3. The number of nitrogens with zero attached hydrogens (tertiary/aromatic N) is 1. The Kier molecular flexibility index (Phi) is 4.41. The second kappa shape index (κ2) is 5.93. The average molecular weight is 313 g/mol. The van der Waals surface area contributed by atoms with E-state index in [-0.39, 0.29) is 30.5 Å². The maximum Gasteiger partial charge on any atom is 0.254 e. The Labute approximate surface area is 124 Å². The summed E-state index contributed by atoms with van der Waals surface area (Å²) >= 11 is 0. The Balaban J connectivity index is 2.27. The fraction of sp³-hybridized carbons (Fsp3) is 0.500. The molecular formula is C14H19NO5S. The van der Waals surface area contributed by atoms with Gasteiger partial charge < -0.3 is 14.4 Å². The molecule has 1 heterocycles. The van der Waals surface area contributed by atoms with Gasteiger partial charge in [0.1, 0.15) is 11.5 Å². The number of amides is 1. The van der Waals surface area contributed by atoms with Gasteiger partial charge in [0.25, 0.3) is 5.91 Å². The minimum absolute atomic E-state index is 0.0128. The Bertz CT molecular complexity index is 614. The van der Waals surface area contributed by atoms with Gasteiger partial charge in [-0.1, -0.05) is 0 Å². The lowest BCUT2D eigenvalue weighted by Gasteiger charge is -2.27. The van der Waals surface area contributed by atoms with E-state index in [1.807, 2.05) is 6.92 Å². The number of methoxy groups -OCH3 is 2. The number of carbonyl (C=O) groups is 1. The van der Waals surface area contributed by atoms with E-state index >= 15 is 0 Å². The first-order valence-corrected chi connectivity index (χ1v) is 8.42. The predicted octanol–water partition coefficient (Wildman–Crippen LogP) is 0.883. The quantitative estimate of drug-likeness (QED) is 0.828. The maximum atomic E-state index is 12.5. The summed E-state index contributed by atoms with van der Waals surface area (Å²) in [6, 6.07) is 3.31. The molecule has 1 fully saturated rings. The van der Waals surface area contributed by atoms with Crippen LogP contribution in [0.15, 0.2) is 12.1 Å². The fourth-order valence-electron chi connectivity index (χ4n) is 2.31. The molecule has 21 heavy (non-hydrogen) atoms. The third-order valence-corrected chi connectivity index (χ3v) is 5.24. The molecule has 0 radical (unpaired) electrons. The van der Waals surface area contributed by atoms with E-state index in [9.17, 15) is 13.2 Å². The topological polar surface area (TPSA) is 72.9 Å². The highest BCUT2D eigenvalue weighted by Crippen LogP contribution is 2.30. The third-order valence-electron chi connectivity index (χ3n) is 3.63. The molecule has 1 aliphatic rings. The molecule has 0 bridgehead atoms. The van der Waals surface area contributed by atoms with Crippen molar-refractivity contribution in [3.05, 3.63) is 23.3 Å². The van der Waals surface area contributed by atoms with E-state index in [1.165, 1.54) is 14.2 Å². The highest BCUT2D eigenvalue weighted by atomic mass is 32.2. The molecular weight excluding hydrogens is 294 g/mol. The molecule has 1 aliphatic heterocycles. The van der Waals surface area contributed by atoms with Gasteiger partial charge in [0.15, 0.2) is 9.84 Å². The molecule has 1 aromatic carbocycles. The van der Waals surface area contributed by atoms with Crippen molar-refractivity contribution in [1.29, 1.82) is 0 Å². The molecule has 0 aromatic heterocycles. The lowest BCUT2D eigenvalue weighted by atomic mass is 10.1. The first kappa shape index (κ1) is 15.6. The number of hydrogen-bond donors (Lipinski definition) is 0. The van der Waals surface area contributed by atoms with E-state index in [0.717, 1.165) is 5.56 Å². The fourth-order valence-corrected chi connectivity index (χ4v) is 3.51. The molecule has 1 amide bonds. The number of sulfone groups is 1. The van der Waals surface area contributed by atoms with Gasteiger partial charge in [0, 0.05) is 24.2 Å². The molecule has 7 heteroatoms.